The molecule has 0 amide bonds. The van der Waals surface area contributed by atoms with E-state index in [1.165, 1.54) is 11.8 Å². The Morgan fingerprint density at radius 1 is 1.40 bits per heavy atom. The summed E-state index contributed by atoms with van der Waals surface area (Å²) in [5.74, 6) is -0.170. The van der Waals surface area contributed by atoms with Crippen molar-refractivity contribution in [3.8, 4) is 0 Å². The second-order valence-electron chi connectivity index (χ2n) is 4.14. The summed E-state index contributed by atoms with van der Waals surface area (Å²) < 4.78 is 15.3. The zero-order chi connectivity index (χ0) is 10.4. The average molecular weight is 204 g/mol. The summed E-state index contributed by atoms with van der Waals surface area (Å²) in [5, 5.41) is 0.989. The minimum absolute atomic E-state index is 0.170. The van der Waals surface area contributed by atoms with E-state index in [0.29, 0.717) is 12.6 Å². The highest BCUT2D eigenvalue weighted by Crippen LogP contribution is 2.32. The van der Waals surface area contributed by atoms with Crippen molar-refractivity contribution in [1.82, 2.24) is 4.57 Å². The van der Waals surface area contributed by atoms with Gasteiger partial charge in [0.05, 0.1) is 0 Å². The Hall–Kier alpha value is -1.35. The highest BCUT2D eigenvalue weighted by Gasteiger charge is 2.22. The van der Waals surface area contributed by atoms with Gasteiger partial charge < -0.3 is 10.3 Å². The summed E-state index contributed by atoms with van der Waals surface area (Å²) in [7, 11) is 0. The Kier molecular flexibility index (Phi) is 1.83. The first-order chi connectivity index (χ1) is 7.29. The lowest BCUT2D eigenvalue weighted by atomic mass is 10.1. The molecule has 1 aliphatic rings. The fourth-order valence-electron chi connectivity index (χ4n) is 2.55. The van der Waals surface area contributed by atoms with E-state index in [4.69, 9.17) is 5.73 Å². The Morgan fingerprint density at radius 3 is 3.07 bits per heavy atom. The molecule has 0 aliphatic carbocycles. The van der Waals surface area contributed by atoms with Crippen molar-refractivity contribution in [2.45, 2.75) is 18.9 Å². The van der Waals surface area contributed by atoms with E-state index in [1.54, 1.807) is 6.07 Å². The summed E-state index contributed by atoms with van der Waals surface area (Å²) in [4.78, 5) is 0. The monoisotopic (exact) mass is 204 g/mol. The normalized spacial score (nSPS) is 19.7. The Balaban J connectivity index is 2.27. The highest BCUT2D eigenvalue weighted by molar-refractivity contribution is 5.82. The van der Waals surface area contributed by atoms with E-state index in [1.807, 2.05) is 6.07 Å². The molecule has 3 rings (SSSR count). The molecular formula is C12H13FN2. The first kappa shape index (κ1) is 8.92. The van der Waals surface area contributed by atoms with Crippen molar-refractivity contribution in [1.29, 1.82) is 0 Å². The number of hydrogen-bond donors (Lipinski definition) is 1. The van der Waals surface area contributed by atoms with Gasteiger partial charge in [0.2, 0.25) is 0 Å². The van der Waals surface area contributed by atoms with E-state index in [9.17, 15) is 4.39 Å². The van der Waals surface area contributed by atoms with E-state index in [0.717, 1.165) is 23.7 Å². The topological polar surface area (TPSA) is 30.9 Å². The molecule has 1 atom stereocenters. The maximum atomic E-state index is 13.0. The van der Waals surface area contributed by atoms with Crippen molar-refractivity contribution in [2.24, 2.45) is 5.73 Å². The van der Waals surface area contributed by atoms with Crippen LogP contribution in [0.25, 0.3) is 10.9 Å². The molecule has 1 aromatic heterocycles. The zero-order valence-corrected chi connectivity index (χ0v) is 8.41. The Labute approximate surface area is 87.5 Å². The van der Waals surface area contributed by atoms with E-state index in [-0.39, 0.29) is 5.82 Å². The van der Waals surface area contributed by atoms with Crippen LogP contribution in [0.2, 0.25) is 0 Å². The second-order valence-corrected chi connectivity index (χ2v) is 4.14. The fourth-order valence-corrected chi connectivity index (χ4v) is 2.55. The number of aromatic nitrogens is 1. The van der Waals surface area contributed by atoms with Crippen LogP contribution in [0.5, 0.6) is 0 Å². The fraction of sp³-hybridized carbons (Fsp3) is 0.333. The smallest absolute Gasteiger partial charge is 0.123 e. The number of nitrogens with zero attached hydrogens (tertiary/aromatic N) is 1. The largest absolute Gasteiger partial charge is 0.340 e. The van der Waals surface area contributed by atoms with Crippen LogP contribution in [-0.2, 0) is 6.42 Å². The van der Waals surface area contributed by atoms with Crippen molar-refractivity contribution < 1.29 is 4.39 Å². The number of fused-ring (bicyclic) bond motifs is 3. The molecule has 1 unspecified atom stereocenters. The van der Waals surface area contributed by atoms with Gasteiger partial charge in [0.25, 0.3) is 0 Å². The van der Waals surface area contributed by atoms with Crippen molar-refractivity contribution in [3.05, 3.63) is 35.8 Å². The molecule has 1 aromatic carbocycles. The summed E-state index contributed by atoms with van der Waals surface area (Å²) in [6.07, 6.45) is 2.16. The molecule has 0 fully saturated rings. The number of aryl methyl sites for hydroxylation is 1. The quantitative estimate of drug-likeness (QED) is 0.758. The summed E-state index contributed by atoms with van der Waals surface area (Å²) >= 11 is 0. The van der Waals surface area contributed by atoms with Gasteiger partial charge in [-0.1, -0.05) is 0 Å². The maximum Gasteiger partial charge on any atom is 0.123 e. The van der Waals surface area contributed by atoms with Gasteiger partial charge in [-0.15, -0.1) is 0 Å². The molecule has 0 saturated heterocycles. The van der Waals surface area contributed by atoms with Crippen LogP contribution in [0.1, 0.15) is 18.2 Å². The molecule has 2 heterocycles. The van der Waals surface area contributed by atoms with E-state index < -0.39 is 0 Å². The van der Waals surface area contributed by atoms with E-state index >= 15 is 0 Å². The molecule has 2 aromatic rings. The minimum atomic E-state index is -0.170. The minimum Gasteiger partial charge on any atom is -0.340 e. The lowest BCUT2D eigenvalue weighted by molar-refractivity contribution is 0.553. The van der Waals surface area contributed by atoms with Gasteiger partial charge in [-0.3, -0.25) is 0 Å². The number of halogens is 1. The molecule has 0 bridgehead atoms. The highest BCUT2D eigenvalue weighted by atomic mass is 19.1. The molecule has 78 valence electrons. The van der Waals surface area contributed by atoms with Crippen molar-refractivity contribution >= 4 is 10.9 Å². The number of nitrogens with two attached hydrogens (primary N) is 1. The summed E-state index contributed by atoms with van der Waals surface area (Å²) in [6, 6.07) is 7.43. The zero-order valence-electron chi connectivity index (χ0n) is 8.41. The standard InChI is InChI=1S/C12H13FN2/c13-9-1-4-12-8(5-9)6-10-2-3-11(7-14)15(10)12/h1,4-6,11H,2-3,7,14H2. The van der Waals surface area contributed by atoms with Crippen LogP contribution in [0.15, 0.2) is 24.3 Å². The summed E-state index contributed by atoms with van der Waals surface area (Å²) in [6.45, 7) is 0.661. The first-order valence-electron chi connectivity index (χ1n) is 5.29. The van der Waals surface area contributed by atoms with Crippen LogP contribution in [-0.4, -0.2) is 11.1 Å². The van der Waals surface area contributed by atoms with Gasteiger partial charge in [0, 0.05) is 29.2 Å². The summed E-state index contributed by atoms with van der Waals surface area (Å²) in [5.41, 5.74) is 8.13. The van der Waals surface area contributed by atoms with Crippen LogP contribution in [0, 0.1) is 5.82 Å². The molecule has 3 heteroatoms. The van der Waals surface area contributed by atoms with Gasteiger partial charge in [-0.2, -0.15) is 0 Å². The molecule has 1 aliphatic heterocycles. The third-order valence-corrected chi connectivity index (χ3v) is 3.25. The molecular weight excluding hydrogens is 191 g/mol. The van der Waals surface area contributed by atoms with Gasteiger partial charge >= 0.3 is 0 Å². The van der Waals surface area contributed by atoms with Gasteiger partial charge in [0.15, 0.2) is 0 Å². The predicted molar refractivity (Wildman–Crippen MR) is 58.3 cm³/mol. The molecule has 0 radical (unpaired) electrons. The van der Waals surface area contributed by atoms with Gasteiger partial charge in [-0.25, -0.2) is 4.39 Å². The molecule has 2 nitrogen and oxygen atoms in total. The van der Waals surface area contributed by atoms with Crippen molar-refractivity contribution in [2.75, 3.05) is 6.54 Å². The average Bonchev–Trinajstić information content (AvgIpc) is 2.74. The van der Waals surface area contributed by atoms with E-state index in [2.05, 4.69) is 10.6 Å². The third kappa shape index (κ3) is 1.20. The van der Waals surface area contributed by atoms with Crippen LogP contribution in [0.4, 0.5) is 4.39 Å². The molecule has 0 saturated carbocycles. The Morgan fingerprint density at radius 2 is 2.27 bits per heavy atom. The SMILES string of the molecule is NCC1CCc2cc3cc(F)ccc3n21. The second kappa shape index (κ2) is 3.07. The Bertz CT molecular complexity index is 516. The first-order valence-corrected chi connectivity index (χ1v) is 5.29. The lowest BCUT2D eigenvalue weighted by Gasteiger charge is -2.11. The van der Waals surface area contributed by atoms with Gasteiger partial charge in [0.1, 0.15) is 5.82 Å². The van der Waals surface area contributed by atoms with Gasteiger partial charge in [-0.05, 0) is 37.1 Å². The maximum absolute atomic E-state index is 13.0. The van der Waals surface area contributed by atoms with Crippen LogP contribution < -0.4 is 5.73 Å². The van der Waals surface area contributed by atoms with Crippen molar-refractivity contribution in [3.63, 3.8) is 0 Å². The molecule has 0 spiro atoms. The predicted octanol–water partition coefficient (Wildman–Crippen LogP) is 2.23. The number of hydrogen-bond acceptors (Lipinski definition) is 1. The molecule has 15 heavy (non-hydrogen) atoms. The number of benzene rings is 1. The molecule has 2 N–H and O–H groups in total. The third-order valence-electron chi connectivity index (χ3n) is 3.25. The van der Waals surface area contributed by atoms with Crippen LogP contribution >= 0.6 is 0 Å². The number of rotatable bonds is 1. The van der Waals surface area contributed by atoms with Crippen LogP contribution in [0.3, 0.4) is 0 Å². The lowest BCUT2D eigenvalue weighted by Crippen LogP contribution is -2.15.